The van der Waals surface area contributed by atoms with E-state index in [2.05, 4.69) is 38.2 Å². The first kappa shape index (κ1) is 16.3. The van der Waals surface area contributed by atoms with Gasteiger partial charge < -0.3 is 9.47 Å². The highest BCUT2D eigenvalue weighted by molar-refractivity contribution is 7.15. The first-order chi connectivity index (χ1) is 12.7. The molecule has 0 N–H and O–H groups in total. The lowest BCUT2D eigenvalue weighted by Gasteiger charge is -2.30. The Morgan fingerprint density at radius 1 is 1.38 bits per heavy atom. The maximum Gasteiger partial charge on any atom is 0.195 e. The Bertz CT molecular complexity index is 1080. The van der Waals surface area contributed by atoms with E-state index in [0.717, 1.165) is 29.3 Å². The summed E-state index contributed by atoms with van der Waals surface area (Å²) in [6.07, 6.45) is 9.40. The van der Waals surface area contributed by atoms with Crippen LogP contribution >= 0.6 is 22.9 Å². The highest BCUT2D eigenvalue weighted by Crippen LogP contribution is 2.31. The molecule has 4 aromatic heterocycles. The second-order valence-electron chi connectivity index (χ2n) is 7.08. The van der Waals surface area contributed by atoms with Gasteiger partial charge in [0.1, 0.15) is 5.65 Å². The van der Waals surface area contributed by atoms with Crippen LogP contribution in [0.1, 0.15) is 30.1 Å². The predicted molar refractivity (Wildman–Crippen MR) is 106 cm³/mol. The summed E-state index contributed by atoms with van der Waals surface area (Å²) in [5.41, 5.74) is 3.38. The van der Waals surface area contributed by atoms with Crippen molar-refractivity contribution in [3.05, 3.63) is 52.5 Å². The minimum Gasteiger partial charge on any atom is -0.328 e. The number of imidazole rings is 1. The van der Waals surface area contributed by atoms with E-state index in [0.29, 0.717) is 11.2 Å². The first-order valence-corrected chi connectivity index (χ1v) is 10.2. The summed E-state index contributed by atoms with van der Waals surface area (Å²) in [6, 6.07) is 4.66. The van der Waals surface area contributed by atoms with Gasteiger partial charge >= 0.3 is 0 Å². The van der Waals surface area contributed by atoms with E-state index in [1.807, 2.05) is 23.8 Å². The Balaban J connectivity index is 1.60. The quantitative estimate of drug-likeness (QED) is 0.529. The van der Waals surface area contributed by atoms with E-state index < -0.39 is 0 Å². The molecule has 1 aliphatic rings. The lowest BCUT2D eigenvalue weighted by Crippen LogP contribution is -2.33. The van der Waals surface area contributed by atoms with Gasteiger partial charge in [-0.2, -0.15) is 0 Å². The van der Waals surface area contributed by atoms with Crippen LogP contribution in [0.3, 0.4) is 0 Å². The second kappa shape index (κ2) is 6.37. The molecule has 0 saturated carbocycles. The third-order valence-electron chi connectivity index (χ3n) is 5.34. The molecule has 0 aliphatic carbocycles. The van der Waals surface area contributed by atoms with Gasteiger partial charge in [-0.25, -0.2) is 9.97 Å². The molecular formula is C19H20ClN5S. The highest BCUT2D eigenvalue weighted by atomic mass is 35.5. The lowest BCUT2D eigenvalue weighted by atomic mass is 10.1. The van der Waals surface area contributed by atoms with Gasteiger partial charge in [-0.15, -0.1) is 11.3 Å². The molecular weight excluding hydrogens is 366 g/mol. The molecule has 5 rings (SSSR count). The summed E-state index contributed by atoms with van der Waals surface area (Å²) in [4.78, 5) is 12.5. The maximum absolute atomic E-state index is 6.43. The minimum atomic E-state index is 0.474. The zero-order valence-electron chi connectivity index (χ0n) is 14.6. The summed E-state index contributed by atoms with van der Waals surface area (Å²) in [5.74, 6) is 0. The van der Waals surface area contributed by atoms with E-state index >= 15 is 0 Å². The van der Waals surface area contributed by atoms with Crippen molar-refractivity contribution in [2.75, 3.05) is 20.1 Å². The molecule has 0 radical (unpaired) electrons. The summed E-state index contributed by atoms with van der Waals surface area (Å²) in [6.45, 7) is 2.25. The Labute approximate surface area is 160 Å². The standard InChI is InChI=1S/C19H20ClN5S/c1-23-7-3-4-14(12-23)25-11-13(15-5-2-6-21-18(15)25)10-16-17(20)22-19-24(16)8-9-26-19/h2,5-6,8-9,11,14H,3-4,7,10,12H2,1H3. The number of rotatable bonds is 3. The van der Waals surface area contributed by atoms with E-state index in [9.17, 15) is 0 Å². The number of likely N-dealkylation sites (tertiary alicyclic amines) is 1. The van der Waals surface area contributed by atoms with Gasteiger partial charge in [0.15, 0.2) is 10.1 Å². The van der Waals surface area contributed by atoms with E-state index in [4.69, 9.17) is 16.6 Å². The molecule has 1 saturated heterocycles. The minimum absolute atomic E-state index is 0.474. The molecule has 134 valence electrons. The van der Waals surface area contributed by atoms with Crippen molar-refractivity contribution >= 4 is 38.9 Å². The van der Waals surface area contributed by atoms with Crippen molar-refractivity contribution < 1.29 is 0 Å². The van der Waals surface area contributed by atoms with Gasteiger partial charge in [0.2, 0.25) is 0 Å². The molecule has 1 aliphatic heterocycles. The topological polar surface area (TPSA) is 38.4 Å². The predicted octanol–water partition coefficient (Wildman–Crippen LogP) is 4.26. The molecule has 0 amide bonds. The zero-order valence-corrected chi connectivity index (χ0v) is 16.2. The van der Waals surface area contributed by atoms with Crippen LogP contribution in [-0.4, -0.2) is 44.0 Å². The Kier molecular flexibility index (Phi) is 3.99. The van der Waals surface area contributed by atoms with Crippen LogP contribution in [0.5, 0.6) is 0 Å². The monoisotopic (exact) mass is 385 g/mol. The lowest BCUT2D eigenvalue weighted by molar-refractivity contribution is 0.214. The third-order valence-corrected chi connectivity index (χ3v) is 6.39. The van der Waals surface area contributed by atoms with Crippen molar-refractivity contribution in [2.45, 2.75) is 25.3 Å². The fourth-order valence-electron chi connectivity index (χ4n) is 4.08. The van der Waals surface area contributed by atoms with Crippen LogP contribution in [-0.2, 0) is 6.42 Å². The van der Waals surface area contributed by atoms with Crippen molar-refractivity contribution in [3.63, 3.8) is 0 Å². The molecule has 0 spiro atoms. The fourth-order valence-corrected chi connectivity index (χ4v) is 5.10. The van der Waals surface area contributed by atoms with Gasteiger partial charge in [-0.3, -0.25) is 4.40 Å². The van der Waals surface area contributed by atoms with E-state index in [-0.39, 0.29) is 0 Å². The number of fused-ring (bicyclic) bond motifs is 2. The summed E-state index contributed by atoms with van der Waals surface area (Å²) in [7, 11) is 2.20. The Morgan fingerprint density at radius 2 is 2.31 bits per heavy atom. The average Bonchev–Trinajstić information content (AvgIpc) is 3.31. The zero-order chi connectivity index (χ0) is 17.7. The van der Waals surface area contributed by atoms with Crippen LogP contribution in [0.15, 0.2) is 36.1 Å². The van der Waals surface area contributed by atoms with Crippen LogP contribution < -0.4 is 0 Å². The molecule has 7 heteroatoms. The van der Waals surface area contributed by atoms with Crippen molar-refractivity contribution in [3.8, 4) is 0 Å². The van der Waals surface area contributed by atoms with Crippen molar-refractivity contribution in [1.82, 2.24) is 23.8 Å². The average molecular weight is 386 g/mol. The van der Waals surface area contributed by atoms with Crippen LogP contribution in [0.25, 0.3) is 16.0 Å². The fraction of sp³-hybridized carbons (Fsp3) is 0.368. The van der Waals surface area contributed by atoms with E-state index in [1.165, 1.54) is 30.3 Å². The van der Waals surface area contributed by atoms with E-state index in [1.54, 1.807) is 11.3 Å². The van der Waals surface area contributed by atoms with Gasteiger partial charge in [0.05, 0.1) is 5.69 Å². The molecule has 4 aromatic rings. The number of hydrogen-bond donors (Lipinski definition) is 0. The molecule has 1 fully saturated rings. The highest BCUT2D eigenvalue weighted by Gasteiger charge is 2.23. The molecule has 5 nitrogen and oxygen atoms in total. The molecule has 26 heavy (non-hydrogen) atoms. The Hall–Kier alpha value is -1.89. The molecule has 0 aromatic carbocycles. The number of thiazole rings is 1. The number of halogens is 1. The number of aromatic nitrogens is 4. The van der Waals surface area contributed by atoms with Crippen LogP contribution in [0.4, 0.5) is 0 Å². The number of hydrogen-bond acceptors (Lipinski definition) is 4. The number of likely N-dealkylation sites (N-methyl/N-ethyl adjacent to an activating group) is 1. The summed E-state index contributed by atoms with van der Waals surface area (Å²) < 4.78 is 4.47. The SMILES string of the molecule is CN1CCCC(n2cc(Cc3c(Cl)nc4sccn34)c3cccnc32)C1. The van der Waals surface area contributed by atoms with Gasteiger partial charge in [0.25, 0.3) is 0 Å². The third kappa shape index (κ3) is 2.64. The summed E-state index contributed by atoms with van der Waals surface area (Å²) >= 11 is 8.04. The number of pyridine rings is 1. The first-order valence-electron chi connectivity index (χ1n) is 8.93. The van der Waals surface area contributed by atoms with Crippen LogP contribution in [0, 0.1) is 0 Å². The normalized spacial score (nSPS) is 18.9. The number of nitrogens with zero attached hydrogens (tertiary/aromatic N) is 5. The summed E-state index contributed by atoms with van der Waals surface area (Å²) in [5, 5.41) is 3.85. The van der Waals surface area contributed by atoms with Crippen molar-refractivity contribution in [1.29, 1.82) is 0 Å². The molecule has 0 bridgehead atoms. The largest absolute Gasteiger partial charge is 0.328 e. The Morgan fingerprint density at radius 3 is 3.19 bits per heavy atom. The van der Waals surface area contributed by atoms with Gasteiger partial charge in [-0.1, -0.05) is 11.6 Å². The molecule has 1 atom stereocenters. The van der Waals surface area contributed by atoms with Crippen molar-refractivity contribution in [2.24, 2.45) is 0 Å². The molecule has 1 unspecified atom stereocenters. The smallest absolute Gasteiger partial charge is 0.195 e. The second-order valence-corrected chi connectivity index (χ2v) is 8.31. The molecule has 5 heterocycles. The number of piperidine rings is 1. The van der Waals surface area contributed by atoms with Crippen LogP contribution in [0.2, 0.25) is 5.15 Å². The maximum atomic E-state index is 6.43. The van der Waals surface area contributed by atoms with Gasteiger partial charge in [0, 0.05) is 48.4 Å². The van der Waals surface area contributed by atoms with Gasteiger partial charge in [-0.05, 0) is 44.1 Å².